The summed E-state index contributed by atoms with van der Waals surface area (Å²) in [5.41, 5.74) is 3.98. The van der Waals surface area contributed by atoms with Crippen LogP contribution in [-0.4, -0.2) is 10.5 Å². The van der Waals surface area contributed by atoms with E-state index in [0.29, 0.717) is 15.4 Å². The molecule has 3 aromatic rings. The summed E-state index contributed by atoms with van der Waals surface area (Å²) in [6.45, 7) is 4.17. The highest BCUT2D eigenvalue weighted by atomic mass is 35.5. The summed E-state index contributed by atoms with van der Waals surface area (Å²) < 4.78 is 3.09. The molecule has 0 aliphatic carbocycles. The zero-order valence-electron chi connectivity index (χ0n) is 12.6. The van der Waals surface area contributed by atoms with E-state index in [1.54, 1.807) is 24.3 Å². The minimum atomic E-state index is -0.317. The van der Waals surface area contributed by atoms with Gasteiger partial charge in [0.15, 0.2) is 4.80 Å². The van der Waals surface area contributed by atoms with E-state index < -0.39 is 0 Å². The molecule has 1 amide bonds. The number of carbonyl (C=O) groups excluding carboxylic acids is 1. The fourth-order valence-corrected chi connectivity index (χ4v) is 3.71. The van der Waals surface area contributed by atoms with Crippen molar-refractivity contribution in [3.05, 3.63) is 62.9 Å². The van der Waals surface area contributed by atoms with E-state index in [1.165, 1.54) is 22.5 Å². The predicted octanol–water partition coefficient (Wildman–Crippen LogP) is 4.25. The van der Waals surface area contributed by atoms with Crippen molar-refractivity contribution in [1.82, 2.24) is 4.57 Å². The Labute approximate surface area is 137 Å². The van der Waals surface area contributed by atoms with Crippen molar-refractivity contribution in [2.24, 2.45) is 12.0 Å². The number of fused-ring (bicyclic) bond motifs is 1. The Hall–Kier alpha value is -1.91. The van der Waals surface area contributed by atoms with E-state index in [0.717, 1.165) is 10.2 Å². The molecule has 1 heterocycles. The van der Waals surface area contributed by atoms with Gasteiger partial charge in [0.1, 0.15) is 0 Å². The lowest BCUT2D eigenvalue weighted by Crippen LogP contribution is -2.14. The minimum absolute atomic E-state index is 0.317. The second kappa shape index (κ2) is 5.71. The summed E-state index contributed by atoms with van der Waals surface area (Å²) in [6.07, 6.45) is 0. The van der Waals surface area contributed by atoms with E-state index in [1.807, 2.05) is 11.6 Å². The van der Waals surface area contributed by atoms with Crippen LogP contribution in [0.2, 0.25) is 5.02 Å². The predicted molar refractivity (Wildman–Crippen MR) is 91.6 cm³/mol. The monoisotopic (exact) mass is 330 g/mol. The number of benzene rings is 2. The van der Waals surface area contributed by atoms with Gasteiger partial charge in [-0.25, -0.2) is 0 Å². The summed E-state index contributed by atoms with van der Waals surface area (Å²) in [5, 5.41) is 0.423. The lowest BCUT2D eigenvalue weighted by atomic mass is 10.1. The number of thiazole rings is 1. The molecule has 0 fully saturated rings. The molecular weight excluding hydrogens is 316 g/mol. The molecule has 0 radical (unpaired) electrons. The van der Waals surface area contributed by atoms with Gasteiger partial charge in [-0.15, -0.1) is 0 Å². The molecular formula is C17H15ClN2OS. The first kappa shape index (κ1) is 15.0. The number of aromatic nitrogens is 1. The summed E-state index contributed by atoms with van der Waals surface area (Å²) in [4.78, 5) is 17.3. The zero-order valence-corrected chi connectivity index (χ0v) is 14.1. The highest BCUT2D eigenvalue weighted by Crippen LogP contribution is 2.23. The van der Waals surface area contributed by atoms with E-state index in [-0.39, 0.29) is 5.91 Å². The van der Waals surface area contributed by atoms with Crippen LogP contribution in [0.25, 0.3) is 10.2 Å². The van der Waals surface area contributed by atoms with Gasteiger partial charge >= 0.3 is 0 Å². The van der Waals surface area contributed by atoms with Crippen molar-refractivity contribution < 1.29 is 4.79 Å². The van der Waals surface area contributed by atoms with Crippen molar-refractivity contribution in [2.45, 2.75) is 13.8 Å². The van der Waals surface area contributed by atoms with Gasteiger partial charge in [0.25, 0.3) is 5.91 Å². The van der Waals surface area contributed by atoms with Crippen LogP contribution >= 0.6 is 22.9 Å². The van der Waals surface area contributed by atoms with Gasteiger partial charge in [-0.2, -0.15) is 4.99 Å². The number of hydrogen-bond acceptors (Lipinski definition) is 2. The van der Waals surface area contributed by atoms with Gasteiger partial charge in [-0.3, -0.25) is 4.79 Å². The first-order valence-corrected chi connectivity index (χ1v) is 8.08. The van der Waals surface area contributed by atoms with Gasteiger partial charge in [0.05, 0.1) is 20.8 Å². The highest BCUT2D eigenvalue weighted by Gasteiger charge is 2.11. The molecule has 0 saturated carbocycles. The summed E-state index contributed by atoms with van der Waals surface area (Å²) in [6, 6.07) is 11.1. The van der Waals surface area contributed by atoms with Crippen LogP contribution in [0.15, 0.2) is 41.4 Å². The van der Waals surface area contributed by atoms with Gasteiger partial charge < -0.3 is 4.57 Å². The molecule has 3 nitrogen and oxygen atoms in total. The van der Waals surface area contributed by atoms with Gasteiger partial charge in [0, 0.05) is 7.05 Å². The van der Waals surface area contributed by atoms with Crippen LogP contribution in [-0.2, 0) is 7.05 Å². The van der Waals surface area contributed by atoms with Gasteiger partial charge in [-0.05, 0) is 43.2 Å². The van der Waals surface area contributed by atoms with Crippen LogP contribution in [0.4, 0.5) is 0 Å². The topological polar surface area (TPSA) is 34.4 Å². The molecule has 0 saturated heterocycles. The normalized spacial score (nSPS) is 12.1. The molecule has 0 unspecified atom stereocenters. The number of carbonyl (C=O) groups is 1. The molecule has 2 aromatic carbocycles. The second-order valence-electron chi connectivity index (χ2n) is 5.19. The molecule has 0 spiro atoms. The molecule has 112 valence electrons. The summed E-state index contributed by atoms with van der Waals surface area (Å²) >= 11 is 7.57. The Bertz CT molecular complexity index is 953. The van der Waals surface area contributed by atoms with Crippen molar-refractivity contribution in [2.75, 3.05) is 0 Å². The molecule has 0 aliphatic heterocycles. The Balaban J connectivity index is 2.19. The first-order chi connectivity index (χ1) is 10.5. The fraction of sp³-hybridized carbons (Fsp3) is 0.176. The molecule has 0 N–H and O–H groups in total. The molecule has 1 aromatic heterocycles. The lowest BCUT2D eigenvalue weighted by Gasteiger charge is -2.03. The number of halogens is 1. The van der Waals surface area contributed by atoms with Crippen LogP contribution in [0, 0.1) is 13.8 Å². The molecule has 5 heteroatoms. The Morgan fingerprint density at radius 1 is 1.18 bits per heavy atom. The molecule has 0 bridgehead atoms. The quantitative estimate of drug-likeness (QED) is 0.656. The Kier molecular flexibility index (Phi) is 3.89. The highest BCUT2D eigenvalue weighted by molar-refractivity contribution is 7.16. The maximum Gasteiger partial charge on any atom is 0.281 e. The smallest absolute Gasteiger partial charge is 0.281 e. The average molecular weight is 331 g/mol. The first-order valence-electron chi connectivity index (χ1n) is 6.88. The van der Waals surface area contributed by atoms with Crippen molar-refractivity contribution >= 4 is 39.1 Å². The zero-order chi connectivity index (χ0) is 15.9. The largest absolute Gasteiger partial charge is 0.319 e. The van der Waals surface area contributed by atoms with Crippen LogP contribution in [0.3, 0.4) is 0 Å². The average Bonchev–Trinajstić information content (AvgIpc) is 2.80. The maximum absolute atomic E-state index is 12.4. The van der Waals surface area contributed by atoms with E-state index in [2.05, 4.69) is 31.0 Å². The van der Waals surface area contributed by atoms with Crippen molar-refractivity contribution in [3.63, 3.8) is 0 Å². The van der Waals surface area contributed by atoms with E-state index in [4.69, 9.17) is 11.6 Å². The third-order valence-corrected chi connectivity index (χ3v) is 5.22. The number of rotatable bonds is 1. The van der Waals surface area contributed by atoms with E-state index in [9.17, 15) is 4.79 Å². The number of aryl methyl sites for hydroxylation is 3. The van der Waals surface area contributed by atoms with Crippen molar-refractivity contribution in [1.29, 1.82) is 0 Å². The molecule has 22 heavy (non-hydrogen) atoms. The standard InChI is InChI=1S/C17H15ClN2OS/c1-10-8-9-14-15(11(10)2)20(3)17(22-14)19-16(21)12-6-4-5-7-13(12)18/h4-9H,1-3H3. The summed E-state index contributed by atoms with van der Waals surface area (Å²) in [5.74, 6) is -0.317. The maximum atomic E-state index is 12.4. The van der Waals surface area contributed by atoms with Gasteiger partial charge in [0.2, 0.25) is 0 Å². The third kappa shape index (κ3) is 2.49. The third-order valence-electron chi connectivity index (χ3n) is 3.79. The van der Waals surface area contributed by atoms with Crippen LogP contribution < -0.4 is 4.80 Å². The molecule has 0 atom stereocenters. The van der Waals surface area contributed by atoms with Crippen molar-refractivity contribution in [3.8, 4) is 0 Å². The number of hydrogen-bond donors (Lipinski definition) is 0. The van der Waals surface area contributed by atoms with E-state index >= 15 is 0 Å². The van der Waals surface area contributed by atoms with Gasteiger partial charge in [-0.1, -0.05) is 41.1 Å². The molecule has 3 rings (SSSR count). The summed E-state index contributed by atoms with van der Waals surface area (Å²) in [7, 11) is 1.93. The SMILES string of the molecule is Cc1ccc2sc(=NC(=O)c3ccccc3Cl)n(C)c2c1C. The lowest BCUT2D eigenvalue weighted by molar-refractivity contribution is 0.0998. The number of nitrogens with zero attached hydrogens (tertiary/aromatic N) is 2. The Morgan fingerprint density at radius 3 is 2.64 bits per heavy atom. The molecule has 0 aliphatic rings. The van der Waals surface area contributed by atoms with Crippen LogP contribution in [0.5, 0.6) is 0 Å². The Morgan fingerprint density at radius 2 is 1.91 bits per heavy atom. The van der Waals surface area contributed by atoms with Crippen LogP contribution in [0.1, 0.15) is 21.5 Å². The second-order valence-corrected chi connectivity index (χ2v) is 6.61. The minimum Gasteiger partial charge on any atom is -0.319 e. The fourth-order valence-electron chi connectivity index (χ4n) is 2.42. The number of amides is 1.